The number of halogens is 1. The molecular weight excluding hydrogens is 324 g/mol. The molecule has 1 aliphatic rings. The maximum Gasteiger partial charge on any atom is 0.0244 e. The number of benzene rings is 1. The van der Waals surface area contributed by atoms with Crippen molar-refractivity contribution in [2.24, 2.45) is 5.92 Å². The van der Waals surface area contributed by atoms with Gasteiger partial charge in [-0.1, -0.05) is 55.3 Å². The third-order valence-corrected chi connectivity index (χ3v) is 5.14. The Morgan fingerprint density at radius 3 is 2.67 bits per heavy atom. The van der Waals surface area contributed by atoms with Crippen molar-refractivity contribution in [3.8, 4) is 0 Å². The molecule has 1 aliphatic carbocycles. The summed E-state index contributed by atoms with van der Waals surface area (Å²) in [7, 11) is 0. The SMILES string of the molecule is CCC(C)CN(CC)Cc1ccc(CNC2CC2)cc1Br. The first-order chi connectivity index (χ1) is 10.1. The molecule has 0 aromatic heterocycles. The molecule has 2 nitrogen and oxygen atoms in total. The van der Waals surface area contributed by atoms with Crippen LogP contribution in [0, 0.1) is 5.92 Å². The molecule has 0 amide bonds. The first-order valence-corrected chi connectivity index (χ1v) is 9.14. The third kappa shape index (κ3) is 5.72. The van der Waals surface area contributed by atoms with Gasteiger partial charge >= 0.3 is 0 Å². The van der Waals surface area contributed by atoms with Crippen molar-refractivity contribution in [2.75, 3.05) is 13.1 Å². The predicted octanol–water partition coefficient (Wildman–Crippen LogP) is 4.57. The summed E-state index contributed by atoms with van der Waals surface area (Å²) in [6, 6.07) is 7.61. The topological polar surface area (TPSA) is 15.3 Å². The van der Waals surface area contributed by atoms with Gasteiger partial charge in [-0.05, 0) is 42.5 Å². The quantitative estimate of drug-likeness (QED) is 0.700. The third-order valence-electron chi connectivity index (χ3n) is 4.40. The van der Waals surface area contributed by atoms with Gasteiger partial charge in [-0.3, -0.25) is 4.90 Å². The number of hydrogen-bond acceptors (Lipinski definition) is 2. The Balaban J connectivity index is 1.91. The Morgan fingerprint density at radius 2 is 2.10 bits per heavy atom. The van der Waals surface area contributed by atoms with Crippen molar-refractivity contribution in [2.45, 2.75) is 59.2 Å². The standard InChI is InChI=1S/C18H29BrN2/c1-4-14(3)12-21(5-2)13-16-7-6-15(10-18(16)19)11-20-17-8-9-17/h6-7,10,14,17,20H,4-5,8-9,11-13H2,1-3H3. The average molecular weight is 353 g/mol. The smallest absolute Gasteiger partial charge is 0.0244 e. The highest BCUT2D eigenvalue weighted by Gasteiger charge is 2.20. The molecule has 1 atom stereocenters. The van der Waals surface area contributed by atoms with Crippen LogP contribution in [-0.4, -0.2) is 24.0 Å². The van der Waals surface area contributed by atoms with Crippen LogP contribution in [0.4, 0.5) is 0 Å². The molecule has 0 aliphatic heterocycles. The highest BCUT2D eigenvalue weighted by molar-refractivity contribution is 9.10. The van der Waals surface area contributed by atoms with Crippen LogP contribution in [0.15, 0.2) is 22.7 Å². The summed E-state index contributed by atoms with van der Waals surface area (Å²) in [6.07, 6.45) is 3.95. The average Bonchev–Trinajstić information content (AvgIpc) is 3.30. The van der Waals surface area contributed by atoms with Crippen LogP contribution in [-0.2, 0) is 13.1 Å². The lowest BCUT2D eigenvalue weighted by atomic mass is 10.1. The van der Waals surface area contributed by atoms with Gasteiger partial charge in [-0.15, -0.1) is 0 Å². The summed E-state index contributed by atoms with van der Waals surface area (Å²) >= 11 is 3.76. The fourth-order valence-electron chi connectivity index (χ4n) is 2.49. The van der Waals surface area contributed by atoms with E-state index in [1.807, 2.05) is 0 Å². The number of rotatable bonds is 9. The molecule has 1 saturated carbocycles. The Morgan fingerprint density at radius 1 is 1.33 bits per heavy atom. The van der Waals surface area contributed by atoms with Crippen LogP contribution in [0.5, 0.6) is 0 Å². The minimum atomic E-state index is 0.769. The molecule has 0 heterocycles. The molecule has 3 heteroatoms. The summed E-state index contributed by atoms with van der Waals surface area (Å²) in [5, 5.41) is 3.57. The van der Waals surface area contributed by atoms with Gasteiger partial charge in [0.2, 0.25) is 0 Å². The molecule has 1 aromatic carbocycles. The molecule has 0 saturated heterocycles. The van der Waals surface area contributed by atoms with Gasteiger partial charge in [0.05, 0.1) is 0 Å². The molecule has 21 heavy (non-hydrogen) atoms. The largest absolute Gasteiger partial charge is 0.310 e. The summed E-state index contributed by atoms with van der Waals surface area (Å²) in [5.41, 5.74) is 2.78. The van der Waals surface area contributed by atoms with E-state index in [1.165, 1.54) is 41.4 Å². The molecule has 1 unspecified atom stereocenters. The molecule has 2 rings (SSSR count). The van der Waals surface area contributed by atoms with E-state index in [2.05, 4.69) is 65.1 Å². The summed E-state index contributed by atoms with van der Waals surface area (Å²) in [5.74, 6) is 0.769. The van der Waals surface area contributed by atoms with Gasteiger partial charge in [0, 0.05) is 30.1 Å². The van der Waals surface area contributed by atoms with E-state index in [4.69, 9.17) is 0 Å². The van der Waals surface area contributed by atoms with E-state index < -0.39 is 0 Å². The van der Waals surface area contributed by atoms with E-state index in [1.54, 1.807) is 0 Å². The van der Waals surface area contributed by atoms with Crippen LogP contribution in [0.3, 0.4) is 0 Å². The Kier molecular flexibility index (Phi) is 6.72. The Hall–Kier alpha value is -0.380. The highest BCUT2D eigenvalue weighted by Crippen LogP contribution is 2.23. The van der Waals surface area contributed by atoms with Crippen LogP contribution < -0.4 is 5.32 Å². The van der Waals surface area contributed by atoms with Crippen molar-refractivity contribution in [1.29, 1.82) is 0 Å². The predicted molar refractivity (Wildman–Crippen MR) is 94.4 cm³/mol. The normalized spacial score (nSPS) is 16.4. The molecule has 1 aromatic rings. The Bertz CT molecular complexity index is 443. The zero-order valence-corrected chi connectivity index (χ0v) is 15.2. The number of nitrogens with zero attached hydrogens (tertiary/aromatic N) is 1. The summed E-state index contributed by atoms with van der Waals surface area (Å²) in [6.45, 7) is 11.2. The van der Waals surface area contributed by atoms with Crippen molar-refractivity contribution < 1.29 is 0 Å². The zero-order valence-electron chi connectivity index (χ0n) is 13.7. The van der Waals surface area contributed by atoms with E-state index >= 15 is 0 Å². The van der Waals surface area contributed by atoms with Crippen molar-refractivity contribution in [3.05, 3.63) is 33.8 Å². The van der Waals surface area contributed by atoms with Gasteiger partial charge in [0.15, 0.2) is 0 Å². The molecule has 0 bridgehead atoms. The molecule has 1 fully saturated rings. The minimum absolute atomic E-state index is 0.769. The Labute approximate surface area is 138 Å². The van der Waals surface area contributed by atoms with E-state index in [-0.39, 0.29) is 0 Å². The lowest BCUT2D eigenvalue weighted by Gasteiger charge is -2.24. The fraction of sp³-hybridized carbons (Fsp3) is 0.667. The van der Waals surface area contributed by atoms with Gasteiger partial charge in [0.1, 0.15) is 0 Å². The molecule has 118 valence electrons. The zero-order chi connectivity index (χ0) is 15.2. The van der Waals surface area contributed by atoms with Gasteiger partial charge in [-0.25, -0.2) is 0 Å². The van der Waals surface area contributed by atoms with Crippen LogP contribution in [0.1, 0.15) is 51.2 Å². The van der Waals surface area contributed by atoms with Crippen LogP contribution in [0.2, 0.25) is 0 Å². The lowest BCUT2D eigenvalue weighted by molar-refractivity contribution is 0.237. The van der Waals surface area contributed by atoms with E-state index in [0.717, 1.165) is 31.6 Å². The first-order valence-electron chi connectivity index (χ1n) is 8.35. The lowest BCUT2D eigenvalue weighted by Crippen LogP contribution is -2.28. The van der Waals surface area contributed by atoms with Gasteiger partial charge in [-0.2, -0.15) is 0 Å². The molecular formula is C18H29BrN2. The minimum Gasteiger partial charge on any atom is -0.310 e. The second-order valence-electron chi connectivity index (χ2n) is 6.42. The second-order valence-corrected chi connectivity index (χ2v) is 7.28. The molecule has 1 N–H and O–H groups in total. The van der Waals surface area contributed by atoms with Crippen LogP contribution in [0.25, 0.3) is 0 Å². The van der Waals surface area contributed by atoms with Crippen LogP contribution >= 0.6 is 15.9 Å². The summed E-state index contributed by atoms with van der Waals surface area (Å²) in [4.78, 5) is 2.54. The van der Waals surface area contributed by atoms with Crippen molar-refractivity contribution in [1.82, 2.24) is 10.2 Å². The van der Waals surface area contributed by atoms with E-state index in [9.17, 15) is 0 Å². The van der Waals surface area contributed by atoms with E-state index in [0.29, 0.717) is 0 Å². The first kappa shape index (κ1) is 17.0. The number of nitrogens with one attached hydrogen (secondary N) is 1. The van der Waals surface area contributed by atoms with Gasteiger partial charge in [0.25, 0.3) is 0 Å². The van der Waals surface area contributed by atoms with Gasteiger partial charge < -0.3 is 5.32 Å². The maximum absolute atomic E-state index is 3.76. The number of hydrogen-bond donors (Lipinski definition) is 1. The van der Waals surface area contributed by atoms with Crippen molar-refractivity contribution in [3.63, 3.8) is 0 Å². The highest BCUT2D eigenvalue weighted by atomic mass is 79.9. The molecule has 0 spiro atoms. The summed E-state index contributed by atoms with van der Waals surface area (Å²) < 4.78 is 1.25. The monoisotopic (exact) mass is 352 g/mol. The molecule has 0 radical (unpaired) electrons. The van der Waals surface area contributed by atoms with Crippen molar-refractivity contribution >= 4 is 15.9 Å². The maximum atomic E-state index is 3.76. The second kappa shape index (κ2) is 8.30. The fourth-order valence-corrected chi connectivity index (χ4v) is 3.05.